The maximum absolute atomic E-state index is 13.2. The summed E-state index contributed by atoms with van der Waals surface area (Å²) >= 11 is 7.30. The van der Waals surface area contributed by atoms with Gasteiger partial charge in [0, 0.05) is 5.02 Å². The van der Waals surface area contributed by atoms with E-state index in [1.807, 2.05) is 6.07 Å². The Morgan fingerprint density at radius 2 is 2.03 bits per heavy atom. The Morgan fingerprint density at radius 1 is 1.15 bits per heavy atom. The van der Waals surface area contributed by atoms with Crippen LogP contribution < -0.4 is 10.9 Å². The average molecular weight is 493 g/mol. The van der Waals surface area contributed by atoms with E-state index in [-0.39, 0.29) is 23.8 Å². The van der Waals surface area contributed by atoms with Gasteiger partial charge in [-0.15, -0.1) is 0 Å². The molecule has 11 heteroatoms. The average Bonchev–Trinajstić information content (AvgIpc) is 3.55. The molecule has 1 amide bonds. The molecule has 170 valence electrons. The van der Waals surface area contributed by atoms with Crippen molar-refractivity contribution in [2.45, 2.75) is 11.7 Å². The smallest absolute Gasteiger partial charge is 0.262 e. The van der Waals surface area contributed by atoms with E-state index in [2.05, 4.69) is 20.4 Å². The van der Waals surface area contributed by atoms with Crippen LogP contribution in [0.3, 0.4) is 0 Å². The van der Waals surface area contributed by atoms with E-state index in [9.17, 15) is 9.59 Å². The number of amides is 1. The topological polar surface area (TPSA) is 108 Å². The number of rotatable bonds is 7. The van der Waals surface area contributed by atoms with Crippen molar-refractivity contribution >= 4 is 45.9 Å². The van der Waals surface area contributed by atoms with Gasteiger partial charge in [0.15, 0.2) is 5.16 Å². The number of benzene rings is 2. The summed E-state index contributed by atoms with van der Waals surface area (Å²) in [5, 5.41) is 8.35. The summed E-state index contributed by atoms with van der Waals surface area (Å²) in [5.74, 6) is 0.342. The van der Waals surface area contributed by atoms with Gasteiger partial charge in [-0.2, -0.15) is 5.10 Å². The zero-order valence-corrected chi connectivity index (χ0v) is 19.2. The third kappa shape index (κ3) is 4.59. The fraction of sp³-hybridized carbons (Fsp3) is 0.0870. The highest BCUT2D eigenvalue weighted by Crippen LogP contribution is 2.25. The van der Waals surface area contributed by atoms with Crippen molar-refractivity contribution in [2.75, 3.05) is 11.1 Å². The number of anilines is 1. The van der Waals surface area contributed by atoms with E-state index >= 15 is 0 Å². The fourth-order valence-electron chi connectivity index (χ4n) is 3.41. The van der Waals surface area contributed by atoms with Crippen LogP contribution in [0, 0.1) is 0 Å². The molecule has 9 nitrogen and oxygen atoms in total. The van der Waals surface area contributed by atoms with Gasteiger partial charge in [-0.3, -0.25) is 14.2 Å². The molecular weight excluding hydrogens is 476 g/mol. The molecule has 0 aliphatic heterocycles. The van der Waals surface area contributed by atoms with Crippen molar-refractivity contribution in [1.82, 2.24) is 24.3 Å². The Hall–Kier alpha value is -3.89. The van der Waals surface area contributed by atoms with E-state index in [0.717, 1.165) is 11.8 Å². The lowest BCUT2D eigenvalue weighted by Crippen LogP contribution is -2.24. The summed E-state index contributed by atoms with van der Waals surface area (Å²) in [4.78, 5) is 34.6. The molecule has 5 aromatic rings. The molecule has 0 fully saturated rings. The van der Waals surface area contributed by atoms with Crippen molar-refractivity contribution in [3.63, 3.8) is 0 Å². The molecule has 0 saturated heterocycles. The second kappa shape index (κ2) is 9.54. The van der Waals surface area contributed by atoms with Crippen molar-refractivity contribution < 1.29 is 9.21 Å². The third-order valence-electron chi connectivity index (χ3n) is 4.95. The SMILES string of the molecule is O=C(CSc1nc2ccccc2c(=O)n1Cc1ccco1)Nc1cc(Cl)ccc1-n1cncn1. The number of thioether (sulfide) groups is 1. The van der Waals surface area contributed by atoms with Gasteiger partial charge in [0.2, 0.25) is 5.91 Å². The summed E-state index contributed by atoms with van der Waals surface area (Å²) in [7, 11) is 0. The number of nitrogens with zero attached hydrogens (tertiary/aromatic N) is 5. The largest absolute Gasteiger partial charge is 0.467 e. The monoisotopic (exact) mass is 492 g/mol. The van der Waals surface area contributed by atoms with Crippen LogP contribution in [0.25, 0.3) is 16.6 Å². The van der Waals surface area contributed by atoms with Crippen molar-refractivity contribution in [1.29, 1.82) is 0 Å². The maximum Gasteiger partial charge on any atom is 0.262 e. The van der Waals surface area contributed by atoms with Crippen molar-refractivity contribution in [2.24, 2.45) is 0 Å². The van der Waals surface area contributed by atoms with Gasteiger partial charge in [0.05, 0.1) is 40.8 Å². The molecule has 0 saturated carbocycles. The predicted molar refractivity (Wildman–Crippen MR) is 130 cm³/mol. The summed E-state index contributed by atoms with van der Waals surface area (Å²) in [6, 6.07) is 15.7. The first kappa shape index (κ1) is 21.9. The highest BCUT2D eigenvalue weighted by molar-refractivity contribution is 7.99. The first-order chi connectivity index (χ1) is 16.6. The molecule has 0 radical (unpaired) electrons. The number of hydrogen-bond acceptors (Lipinski definition) is 7. The number of aromatic nitrogens is 5. The van der Waals surface area contributed by atoms with Crippen LogP contribution in [-0.2, 0) is 11.3 Å². The van der Waals surface area contributed by atoms with Crippen LogP contribution in [0.4, 0.5) is 5.69 Å². The number of nitrogens with one attached hydrogen (secondary N) is 1. The molecule has 0 spiro atoms. The number of carbonyl (C=O) groups is 1. The number of para-hydroxylation sites is 1. The first-order valence-corrected chi connectivity index (χ1v) is 11.5. The Morgan fingerprint density at radius 3 is 2.82 bits per heavy atom. The van der Waals surface area contributed by atoms with Gasteiger partial charge < -0.3 is 9.73 Å². The lowest BCUT2D eigenvalue weighted by Gasteiger charge is -2.13. The molecule has 3 aromatic heterocycles. The van der Waals surface area contributed by atoms with Crippen LogP contribution >= 0.6 is 23.4 Å². The summed E-state index contributed by atoms with van der Waals surface area (Å²) in [6.45, 7) is 0.207. The molecule has 0 aliphatic carbocycles. The Labute approximate surface area is 202 Å². The molecule has 5 rings (SSSR count). The van der Waals surface area contributed by atoms with Gasteiger partial charge in [-0.05, 0) is 42.5 Å². The Balaban J connectivity index is 1.41. The molecule has 2 aromatic carbocycles. The molecule has 1 N–H and O–H groups in total. The molecule has 0 aliphatic rings. The number of carbonyl (C=O) groups excluding carboxylic acids is 1. The second-order valence-electron chi connectivity index (χ2n) is 7.22. The number of hydrogen-bond donors (Lipinski definition) is 1. The number of furan rings is 1. The highest BCUT2D eigenvalue weighted by atomic mass is 35.5. The van der Waals surface area contributed by atoms with E-state index < -0.39 is 0 Å². The van der Waals surface area contributed by atoms with Crippen molar-refractivity contribution in [3.05, 3.63) is 94.7 Å². The minimum Gasteiger partial charge on any atom is -0.467 e. The minimum atomic E-state index is -0.291. The van der Waals surface area contributed by atoms with Gasteiger partial charge >= 0.3 is 0 Å². The Kier molecular flexibility index (Phi) is 6.15. The molecule has 0 bridgehead atoms. The standard InChI is InChI=1S/C23H17ClN6O3S/c24-15-7-8-20(30-14-25-13-26-30)19(10-15)27-21(31)12-34-23-28-18-6-2-1-5-17(18)22(32)29(23)11-16-4-3-9-33-16/h1-10,13-14H,11-12H2,(H,27,31). The summed E-state index contributed by atoms with van der Waals surface area (Å²) in [5.41, 5.74) is 1.48. The van der Waals surface area contributed by atoms with Gasteiger partial charge in [0.25, 0.3) is 5.56 Å². The fourth-order valence-corrected chi connectivity index (χ4v) is 4.38. The molecule has 3 heterocycles. The maximum atomic E-state index is 13.2. The zero-order valence-electron chi connectivity index (χ0n) is 17.6. The minimum absolute atomic E-state index is 0.0201. The molecular formula is C23H17ClN6O3S. The van der Waals surface area contributed by atoms with Crippen LogP contribution in [0.2, 0.25) is 5.02 Å². The molecule has 0 unspecified atom stereocenters. The number of fused-ring (bicyclic) bond motifs is 1. The van der Waals surface area contributed by atoms with E-state index in [1.165, 1.54) is 21.9 Å². The van der Waals surface area contributed by atoms with E-state index in [0.29, 0.717) is 38.2 Å². The van der Waals surface area contributed by atoms with Gasteiger partial charge in [0.1, 0.15) is 18.4 Å². The van der Waals surface area contributed by atoms with E-state index in [1.54, 1.807) is 54.8 Å². The lowest BCUT2D eigenvalue weighted by molar-refractivity contribution is -0.113. The molecule has 34 heavy (non-hydrogen) atoms. The summed E-state index contributed by atoms with van der Waals surface area (Å²) < 4.78 is 8.47. The van der Waals surface area contributed by atoms with Crippen LogP contribution in [0.1, 0.15) is 5.76 Å². The first-order valence-electron chi connectivity index (χ1n) is 10.2. The summed E-state index contributed by atoms with van der Waals surface area (Å²) in [6.07, 6.45) is 4.48. The van der Waals surface area contributed by atoms with E-state index in [4.69, 9.17) is 16.0 Å². The highest BCUT2D eigenvalue weighted by Gasteiger charge is 2.16. The van der Waals surface area contributed by atoms with Crippen LogP contribution in [0.5, 0.6) is 0 Å². The second-order valence-corrected chi connectivity index (χ2v) is 8.60. The predicted octanol–water partition coefficient (Wildman–Crippen LogP) is 4.00. The normalized spacial score (nSPS) is 11.1. The van der Waals surface area contributed by atoms with Gasteiger partial charge in [-0.25, -0.2) is 14.6 Å². The van der Waals surface area contributed by atoms with Crippen LogP contribution in [0.15, 0.2) is 87.9 Å². The van der Waals surface area contributed by atoms with Crippen LogP contribution in [-0.4, -0.2) is 36.0 Å². The lowest BCUT2D eigenvalue weighted by atomic mass is 10.2. The Bertz CT molecular complexity index is 1520. The molecule has 0 atom stereocenters. The van der Waals surface area contributed by atoms with Gasteiger partial charge in [-0.1, -0.05) is 35.5 Å². The van der Waals surface area contributed by atoms with Crippen molar-refractivity contribution in [3.8, 4) is 5.69 Å². The quantitative estimate of drug-likeness (QED) is 0.270. The zero-order chi connectivity index (χ0) is 23.5. The third-order valence-corrected chi connectivity index (χ3v) is 6.16. The number of halogens is 1.